The number of hydrogen-bond donors (Lipinski definition) is 1. The second-order valence-corrected chi connectivity index (χ2v) is 7.70. The Kier molecular flexibility index (Phi) is 6.51. The van der Waals surface area contributed by atoms with Crippen molar-refractivity contribution in [2.24, 2.45) is 0 Å². The molecule has 0 amide bonds. The van der Waals surface area contributed by atoms with Crippen LogP contribution in [0.4, 0.5) is 0 Å². The fourth-order valence-electron chi connectivity index (χ4n) is 2.62. The van der Waals surface area contributed by atoms with E-state index in [9.17, 15) is 14.7 Å². The molecule has 1 N–H and O–H groups in total. The molecule has 1 saturated heterocycles. The van der Waals surface area contributed by atoms with Crippen LogP contribution < -0.4 is 9.47 Å². The predicted molar refractivity (Wildman–Crippen MR) is 105 cm³/mol. The van der Waals surface area contributed by atoms with Gasteiger partial charge in [0.1, 0.15) is 23.7 Å². The molecule has 0 spiro atoms. The van der Waals surface area contributed by atoms with Crippen LogP contribution in [0.5, 0.6) is 11.5 Å². The Bertz CT molecular complexity index is 861. The van der Waals surface area contributed by atoms with Gasteiger partial charge in [0.15, 0.2) is 0 Å². The monoisotopic (exact) mass is 498 g/mol. The van der Waals surface area contributed by atoms with Crippen molar-refractivity contribution in [3.8, 4) is 11.5 Å². The summed E-state index contributed by atoms with van der Waals surface area (Å²) in [5.74, 6) is -1.27. The molecule has 1 fully saturated rings. The van der Waals surface area contributed by atoms with Crippen LogP contribution >= 0.6 is 31.9 Å². The third kappa shape index (κ3) is 5.09. The van der Waals surface area contributed by atoms with Gasteiger partial charge < -0.3 is 19.3 Å². The minimum Gasteiger partial charge on any atom is -0.490 e. The lowest BCUT2D eigenvalue weighted by molar-refractivity contribution is 0.0672. The summed E-state index contributed by atoms with van der Waals surface area (Å²) in [4.78, 5) is 23.7. The van der Waals surface area contributed by atoms with E-state index in [2.05, 4.69) is 31.9 Å². The predicted octanol–water partition coefficient (Wildman–Crippen LogP) is 4.69. The number of hydrogen-bond acceptors (Lipinski definition) is 5. The Morgan fingerprint density at radius 3 is 2.59 bits per heavy atom. The van der Waals surface area contributed by atoms with Gasteiger partial charge in [-0.1, -0.05) is 15.9 Å². The molecule has 3 rings (SSSR count). The number of carboxylic acid groups (broad SMARTS) is 1. The third-order valence-electron chi connectivity index (χ3n) is 3.99. The van der Waals surface area contributed by atoms with Crippen molar-refractivity contribution in [3.05, 3.63) is 56.5 Å². The van der Waals surface area contributed by atoms with Crippen molar-refractivity contribution < 1.29 is 28.9 Å². The maximum Gasteiger partial charge on any atom is 0.343 e. The molecule has 0 radical (unpaired) electrons. The molecule has 0 saturated carbocycles. The molecule has 1 atom stereocenters. The van der Waals surface area contributed by atoms with Gasteiger partial charge in [-0.05, 0) is 65.2 Å². The van der Waals surface area contributed by atoms with Gasteiger partial charge in [-0.2, -0.15) is 0 Å². The molecular weight excluding hydrogens is 484 g/mol. The lowest BCUT2D eigenvalue weighted by Crippen LogP contribution is -2.16. The summed E-state index contributed by atoms with van der Waals surface area (Å²) < 4.78 is 17.7. The van der Waals surface area contributed by atoms with E-state index in [0.717, 1.165) is 19.4 Å². The number of carbonyl (C=O) groups excluding carboxylic acids is 1. The van der Waals surface area contributed by atoms with E-state index in [1.54, 1.807) is 24.3 Å². The summed E-state index contributed by atoms with van der Waals surface area (Å²) in [5.41, 5.74) is 0.166. The minimum absolute atomic E-state index is 0.0227. The molecule has 2 aromatic rings. The number of rotatable bonds is 6. The standard InChI is InChI=1S/C19H16Br2O6/c20-12-4-6-16(14(9-12)18(22)23)27-19(24)11-3-5-17(15(21)8-11)26-10-13-2-1-7-25-13/h3-6,8-9,13H,1-2,7,10H2,(H,22,23). The van der Waals surface area contributed by atoms with Crippen LogP contribution in [0, 0.1) is 0 Å². The highest BCUT2D eigenvalue weighted by atomic mass is 79.9. The highest BCUT2D eigenvalue weighted by Crippen LogP contribution is 2.29. The topological polar surface area (TPSA) is 82.1 Å². The van der Waals surface area contributed by atoms with Crippen molar-refractivity contribution in [1.82, 2.24) is 0 Å². The molecule has 1 aliphatic rings. The summed E-state index contributed by atoms with van der Waals surface area (Å²) in [6.07, 6.45) is 2.10. The van der Waals surface area contributed by atoms with E-state index in [0.29, 0.717) is 21.3 Å². The Hall–Kier alpha value is -1.90. The van der Waals surface area contributed by atoms with Gasteiger partial charge >= 0.3 is 11.9 Å². The highest BCUT2D eigenvalue weighted by Gasteiger charge is 2.19. The molecule has 142 valence electrons. The summed E-state index contributed by atoms with van der Waals surface area (Å²) >= 11 is 6.58. The lowest BCUT2D eigenvalue weighted by Gasteiger charge is -2.13. The van der Waals surface area contributed by atoms with E-state index in [1.165, 1.54) is 12.1 Å². The van der Waals surface area contributed by atoms with Gasteiger partial charge in [0.25, 0.3) is 0 Å². The maximum absolute atomic E-state index is 12.4. The van der Waals surface area contributed by atoms with Crippen LogP contribution in [-0.4, -0.2) is 36.4 Å². The Balaban J connectivity index is 1.70. The van der Waals surface area contributed by atoms with Crippen LogP contribution in [0.2, 0.25) is 0 Å². The average Bonchev–Trinajstić information content (AvgIpc) is 3.15. The second kappa shape index (κ2) is 8.86. The van der Waals surface area contributed by atoms with Crippen LogP contribution in [0.15, 0.2) is 45.3 Å². The van der Waals surface area contributed by atoms with Crippen LogP contribution in [-0.2, 0) is 4.74 Å². The molecule has 6 nitrogen and oxygen atoms in total. The third-order valence-corrected chi connectivity index (χ3v) is 5.10. The van der Waals surface area contributed by atoms with Crippen molar-refractivity contribution in [3.63, 3.8) is 0 Å². The molecule has 0 aromatic heterocycles. The molecule has 27 heavy (non-hydrogen) atoms. The van der Waals surface area contributed by atoms with E-state index in [4.69, 9.17) is 14.2 Å². The number of esters is 1. The van der Waals surface area contributed by atoms with Crippen LogP contribution in [0.3, 0.4) is 0 Å². The first-order chi connectivity index (χ1) is 12.9. The first-order valence-electron chi connectivity index (χ1n) is 8.23. The van der Waals surface area contributed by atoms with E-state index < -0.39 is 11.9 Å². The van der Waals surface area contributed by atoms with Gasteiger partial charge in [0, 0.05) is 11.1 Å². The second-order valence-electron chi connectivity index (χ2n) is 5.93. The summed E-state index contributed by atoms with van der Waals surface area (Å²) in [7, 11) is 0. The maximum atomic E-state index is 12.4. The number of ether oxygens (including phenoxy) is 3. The van der Waals surface area contributed by atoms with Gasteiger partial charge in [0.2, 0.25) is 0 Å². The molecule has 2 aromatic carbocycles. The van der Waals surface area contributed by atoms with Gasteiger partial charge in [-0.3, -0.25) is 0 Å². The molecule has 0 bridgehead atoms. The molecule has 8 heteroatoms. The van der Waals surface area contributed by atoms with Crippen molar-refractivity contribution in [2.45, 2.75) is 18.9 Å². The van der Waals surface area contributed by atoms with Gasteiger partial charge in [-0.15, -0.1) is 0 Å². The number of carbonyl (C=O) groups is 2. The lowest BCUT2D eigenvalue weighted by atomic mass is 10.2. The van der Waals surface area contributed by atoms with Crippen molar-refractivity contribution in [2.75, 3.05) is 13.2 Å². The van der Waals surface area contributed by atoms with Crippen LogP contribution in [0.1, 0.15) is 33.6 Å². The first kappa shape index (κ1) is 19.9. The number of aromatic carboxylic acids is 1. The quantitative estimate of drug-likeness (QED) is 0.458. The minimum atomic E-state index is -1.18. The van der Waals surface area contributed by atoms with Gasteiger partial charge in [0.05, 0.1) is 16.1 Å². The zero-order valence-corrected chi connectivity index (χ0v) is 17.3. The average molecular weight is 500 g/mol. The molecule has 1 unspecified atom stereocenters. The number of halogens is 2. The summed E-state index contributed by atoms with van der Waals surface area (Å²) in [6, 6.07) is 9.22. The number of carboxylic acids is 1. The van der Waals surface area contributed by atoms with Gasteiger partial charge in [-0.25, -0.2) is 9.59 Å². The smallest absolute Gasteiger partial charge is 0.343 e. The number of benzene rings is 2. The van der Waals surface area contributed by atoms with Crippen molar-refractivity contribution >= 4 is 43.8 Å². The zero-order chi connectivity index (χ0) is 19.4. The molecule has 1 heterocycles. The Morgan fingerprint density at radius 2 is 1.93 bits per heavy atom. The Labute approximate surface area is 172 Å². The largest absolute Gasteiger partial charge is 0.490 e. The fourth-order valence-corrected chi connectivity index (χ4v) is 3.47. The van der Waals surface area contributed by atoms with Crippen LogP contribution in [0.25, 0.3) is 0 Å². The zero-order valence-electron chi connectivity index (χ0n) is 14.1. The van der Waals surface area contributed by atoms with E-state index in [-0.39, 0.29) is 23.0 Å². The molecule has 0 aliphatic carbocycles. The molecular formula is C19H16Br2O6. The SMILES string of the molecule is O=C(Oc1ccc(Br)cc1C(=O)O)c1ccc(OCC2CCCO2)c(Br)c1. The first-order valence-corrected chi connectivity index (χ1v) is 9.81. The van der Waals surface area contributed by atoms with E-state index >= 15 is 0 Å². The summed E-state index contributed by atoms with van der Waals surface area (Å²) in [6.45, 7) is 1.21. The fraction of sp³-hybridized carbons (Fsp3) is 0.263. The normalized spacial score (nSPS) is 16.1. The van der Waals surface area contributed by atoms with Crippen molar-refractivity contribution in [1.29, 1.82) is 0 Å². The summed E-state index contributed by atoms with van der Waals surface area (Å²) in [5, 5.41) is 9.26. The molecule has 1 aliphatic heterocycles. The van der Waals surface area contributed by atoms with E-state index in [1.807, 2.05) is 0 Å². The highest BCUT2D eigenvalue weighted by molar-refractivity contribution is 9.10. The Morgan fingerprint density at radius 1 is 1.15 bits per heavy atom.